The average Bonchev–Trinajstić information content (AvgIpc) is 1.87. The number of aryl methyl sites for hydroxylation is 1. The third-order valence-electron chi connectivity index (χ3n) is 0.591. The molecule has 1 heterocycles. The molecule has 0 spiro atoms. The van der Waals surface area contributed by atoms with Crippen LogP contribution in [0, 0.1) is 9.94 Å². The van der Waals surface area contributed by atoms with Gasteiger partial charge in [0.05, 0.1) is 0 Å². The lowest BCUT2D eigenvalue weighted by Crippen LogP contribution is -1.66. The lowest BCUT2D eigenvalue weighted by atomic mass is 10.6. The van der Waals surface area contributed by atoms with Crippen molar-refractivity contribution in [2.75, 3.05) is 0 Å². The van der Waals surface area contributed by atoms with E-state index in [2.05, 4.69) is 27.6 Å². The SMILES string of the molecule is Cc1csc(I)n1. The second-order valence-electron chi connectivity index (χ2n) is 1.24. The molecular formula is C4H4INS. The first-order valence-corrected chi connectivity index (χ1v) is 3.82. The van der Waals surface area contributed by atoms with Crippen molar-refractivity contribution in [2.45, 2.75) is 6.92 Å². The van der Waals surface area contributed by atoms with E-state index < -0.39 is 0 Å². The van der Waals surface area contributed by atoms with E-state index in [1.54, 1.807) is 11.3 Å². The van der Waals surface area contributed by atoms with Gasteiger partial charge in [-0.2, -0.15) is 0 Å². The predicted octanol–water partition coefficient (Wildman–Crippen LogP) is 2.06. The highest BCUT2D eigenvalue weighted by Gasteiger charge is 1.87. The van der Waals surface area contributed by atoms with Gasteiger partial charge in [-0.1, -0.05) is 0 Å². The zero-order valence-electron chi connectivity index (χ0n) is 3.81. The fourth-order valence-corrected chi connectivity index (χ4v) is 1.60. The van der Waals surface area contributed by atoms with Crippen molar-refractivity contribution < 1.29 is 0 Å². The van der Waals surface area contributed by atoms with E-state index >= 15 is 0 Å². The van der Waals surface area contributed by atoms with Crippen molar-refractivity contribution >= 4 is 33.9 Å². The molecule has 0 unspecified atom stereocenters. The molecule has 1 nitrogen and oxygen atoms in total. The molecule has 1 rings (SSSR count). The first-order chi connectivity index (χ1) is 3.29. The zero-order valence-corrected chi connectivity index (χ0v) is 6.78. The summed E-state index contributed by atoms with van der Waals surface area (Å²) >= 11 is 3.89. The summed E-state index contributed by atoms with van der Waals surface area (Å²) < 4.78 is 1.12. The quantitative estimate of drug-likeness (QED) is 0.616. The fraction of sp³-hybridized carbons (Fsp3) is 0.250. The third kappa shape index (κ3) is 1.38. The molecule has 0 aliphatic heterocycles. The van der Waals surface area contributed by atoms with Crippen LogP contribution in [0.5, 0.6) is 0 Å². The second-order valence-corrected chi connectivity index (χ2v) is 3.85. The minimum absolute atomic E-state index is 1.12. The van der Waals surface area contributed by atoms with Gasteiger partial charge in [-0.15, -0.1) is 11.3 Å². The molecule has 1 aromatic rings. The molecule has 0 radical (unpaired) electrons. The monoisotopic (exact) mass is 225 g/mol. The van der Waals surface area contributed by atoms with Crippen molar-refractivity contribution in [3.63, 3.8) is 0 Å². The Labute approximate surface area is 59.9 Å². The van der Waals surface area contributed by atoms with E-state index in [9.17, 15) is 0 Å². The maximum Gasteiger partial charge on any atom is 0.154 e. The van der Waals surface area contributed by atoms with Gasteiger partial charge in [0, 0.05) is 11.1 Å². The average molecular weight is 225 g/mol. The Hall–Kier alpha value is 0.360. The minimum Gasteiger partial charge on any atom is -0.235 e. The van der Waals surface area contributed by atoms with Gasteiger partial charge in [-0.3, -0.25) is 0 Å². The molecule has 0 saturated carbocycles. The van der Waals surface area contributed by atoms with E-state index in [0.29, 0.717) is 0 Å². The lowest BCUT2D eigenvalue weighted by molar-refractivity contribution is 1.24. The molecule has 0 atom stereocenters. The Morgan fingerprint density at radius 3 is 2.71 bits per heavy atom. The van der Waals surface area contributed by atoms with Crippen molar-refractivity contribution in [3.8, 4) is 0 Å². The van der Waals surface area contributed by atoms with Crippen LogP contribution >= 0.6 is 33.9 Å². The van der Waals surface area contributed by atoms with Crippen LogP contribution in [0.1, 0.15) is 5.69 Å². The molecule has 0 aliphatic rings. The molecule has 0 amide bonds. The van der Waals surface area contributed by atoms with Crippen LogP contribution in [0.2, 0.25) is 0 Å². The molecule has 0 N–H and O–H groups in total. The van der Waals surface area contributed by atoms with E-state index in [1.807, 2.05) is 12.3 Å². The number of nitrogens with zero attached hydrogens (tertiary/aromatic N) is 1. The summed E-state index contributed by atoms with van der Waals surface area (Å²) in [5.74, 6) is 0. The van der Waals surface area contributed by atoms with Crippen LogP contribution in [0.4, 0.5) is 0 Å². The minimum atomic E-state index is 1.12. The molecule has 38 valence electrons. The van der Waals surface area contributed by atoms with Crippen LogP contribution in [-0.4, -0.2) is 4.98 Å². The number of hydrogen-bond acceptors (Lipinski definition) is 2. The summed E-state index contributed by atoms with van der Waals surface area (Å²) in [5, 5.41) is 2.04. The molecule has 0 saturated heterocycles. The topological polar surface area (TPSA) is 12.9 Å². The van der Waals surface area contributed by atoms with E-state index in [0.717, 1.165) is 8.71 Å². The molecule has 0 bridgehead atoms. The highest BCUT2D eigenvalue weighted by atomic mass is 127. The Morgan fingerprint density at radius 2 is 2.57 bits per heavy atom. The maximum absolute atomic E-state index is 4.12. The first-order valence-electron chi connectivity index (χ1n) is 1.86. The number of aromatic nitrogens is 1. The van der Waals surface area contributed by atoms with Gasteiger partial charge >= 0.3 is 0 Å². The van der Waals surface area contributed by atoms with Crippen LogP contribution in [0.15, 0.2) is 5.38 Å². The Balaban J connectivity index is 3.04. The highest BCUT2D eigenvalue weighted by Crippen LogP contribution is 2.09. The van der Waals surface area contributed by atoms with Gasteiger partial charge in [0.1, 0.15) is 0 Å². The largest absolute Gasteiger partial charge is 0.235 e. The number of rotatable bonds is 0. The number of halogens is 1. The summed E-state index contributed by atoms with van der Waals surface area (Å²) in [6.45, 7) is 2.00. The molecule has 0 aromatic carbocycles. The summed E-state index contributed by atoms with van der Waals surface area (Å²) in [7, 11) is 0. The van der Waals surface area contributed by atoms with Crippen LogP contribution < -0.4 is 0 Å². The Morgan fingerprint density at radius 1 is 1.86 bits per heavy atom. The highest BCUT2D eigenvalue weighted by molar-refractivity contribution is 14.1. The van der Waals surface area contributed by atoms with Gasteiger partial charge in [0.2, 0.25) is 0 Å². The lowest BCUT2D eigenvalue weighted by Gasteiger charge is -1.69. The summed E-state index contributed by atoms with van der Waals surface area (Å²) in [6.07, 6.45) is 0. The smallest absolute Gasteiger partial charge is 0.154 e. The Kier molecular flexibility index (Phi) is 1.64. The number of thiazole rings is 1. The molecule has 7 heavy (non-hydrogen) atoms. The van der Waals surface area contributed by atoms with Crippen LogP contribution in [0.25, 0.3) is 0 Å². The van der Waals surface area contributed by atoms with E-state index in [1.165, 1.54) is 0 Å². The van der Waals surface area contributed by atoms with Crippen LogP contribution in [0.3, 0.4) is 0 Å². The predicted molar refractivity (Wildman–Crippen MR) is 39.6 cm³/mol. The van der Waals surface area contributed by atoms with Gasteiger partial charge in [-0.25, -0.2) is 4.98 Å². The standard InChI is InChI=1S/C4H4INS/c1-3-2-7-4(5)6-3/h2H,1H3. The van der Waals surface area contributed by atoms with Gasteiger partial charge in [0.15, 0.2) is 3.01 Å². The van der Waals surface area contributed by atoms with Crippen molar-refractivity contribution in [3.05, 3.63) is 14.1 Å². The van der Waals surface area contributed by atoms with E-state index in [-0.39, 0.29) is 0 Å². The van der Waals surface area contributed by atoms with Gasteiger partial charge in [0.25, 0.3) is 0 Å². The normalized spacial score (nSPS) is 9.43. The summed E-state index contributed by atoms with van der Waals surface area (Å²) in [6, 6.07) is 0. The molecule has 3 heteroatoms. The first kappa shape index (κ1) is 5.50. The third-order valence-corrected chi connectivity index (χ3v) is 2.34. The summed E-state index contributed by atoms with van der Waals surface area (Å²) in [4.78, 5) is 4.12. The maximum atomic E-state index is 4.12. The molecule has 0 aliphatic carbocycles. The second kappa shape index (κ2) is 2.09. The van der Waals surface area contributed by atoms with Crippen molar-refractivity contribution in [1.29, 1.82) is 0 Å². The Bertz CT molecular complexity index is 144. The van der Waals surface area contributed by atoms with Crippen LogP contribution in [-0.2, 0) is 0 Å². The fourth-order valence-electron chi connectivity index (χ4n) is 0.325. The zero-order chi connectivity index (χ0) is 5.28. The van der Waals surface area contributed by atoms with E-state index in [4.69, 9.17) is 0 Å². The molecule has 1 aromatic heterocycles. The summed E-state index contributed by atoms with van der Waals surface area (Å²) in [5.41, 5.74) is 1.12. The van der Waals surface area contributed by atoms with Gasteiger partial charge in [-0.05, 0) is 29.5 Å². The molecule has 0 fully saturated rings. The number of hydrogen-bond donors (Lipinski definition) is 0. The molecular weight excluding hydrogens is 221 g/mol. The van der Waals surface area contributed by atoms with Crippen molar-refractivity contribution in [2.24, 2.45) is 0 Å². The van der Waals surface area contributed by atoms with Gasteiger partial charge < -0.3 is 0 Å². The van der Waals surface area contributed by atoms with Crippen molar-refractivity contribution in [1.82, 2.24) is 4.98 Å².